The van der Waals surface area contributed by atoms with Gasteiger partial charge in [-0.2, -0.15) is 0 Å². The second-order valence-electron chi connectivity index (χ2n) is 8.70. The van der Waals surface area contributed by atoms with Gasteiger partial charge in [0.25, 0.3) is 11.8 Å². The van der Waals surface area contributed by atoms with Gasteiger partial charge in [-0.3, -0.25) is 24.1 Å². The number of fused-ring (bicyclic) bond motifs is 1. The summed E-state index contributed by atoms with van der Waals surface area (Å²) in [5.41, 5.74) is 2.80. The molecule has 0 aromatic heterocycles. The summed E-state index contributed by atoms with van der Waals surface area (Å²) < 4.78 is 0. The number of nitrogens with one attached hydrogen (secondary N) is 1. The number of rotatable bonds is 9. The monoisotopic (exact) mass is 449 g/mol. The van der Waals surface area contributed by atoms with Gasteiger partial charge in [0.1, 0.15) is 6.04 Å². The van der Waals surface area contributed by atoms with Crippen LogP contribution >= 0.6 is 0 Å². The normalized spacial score (nSPS) is 13.8. The van der Waals surface area contributed by atoms with Gasteiger partial charge in [0.2, 0.25) is 11.8 Å². The van der Waals surface area contributed by atoms with Crippen LogP contribution in [0.4, 0.5) is 0 Å². The van der Waals surface area contributed by atoms with Gasteiger partial charge >= 0.3 is 0 Å². The van der Waals surface area contributed by atoms with E-state index >= 15 is 0 Å². The summed E-state index contributed by atoms with van der Waals surface area (Å²) in [7, 11) is 0. The average Bonchev–Trinajstić information content (AvgIpc) is 3.02. The predicted molar refractivity (Wildman–Crippen MR) is 126 cm³/mol. The van der Waals surface area contributed by atoms with Crippen molar-refractivity contribution < 1.29 is 19.2 Å². The lowest BCUT2D eigenvalue weighted by Gasteiger charge is -2.30. The standard InChI is InChI=1S/C26H31N3O4/c1-17(2)27-24(31)19(4)29(16-20-11-6-5-10-18(20)3)23(30)14-9-15-28-25(32)21-12-7-8-13-22(21)26(28)33/h5-8,10-13,17,19H,9,14-16H2,1-4H3,(H,27,31). The lowest BCUT2D eigenvalue weighted by molar-refractivity contribution is -0.140. The molecule has 0 spiro atoms. The molecule has 2 aromatic rings. The highest BCUT2D eigenvalue weighted by molar-refractivity contribution is 6.21. The van der Waals surface area contributed by atoms with Crippen molar-refractivity contribution >= 4 is 23.6 Å². The third kappa shape index (κ3) is 5.48. The summed E-state index contributed by atoms with van der Waals surface area (Å²) in [6.07, 6.45) is 0.450. The molecule has 1 aliphatic heterocycles. The Kier molecular flexibility index (Phi) is 7.63. The lowest BCUT2D eigenvalue weighted by atomic mass is 10.1. The number of carbonyl (C=O) groups excluding carboxylic acids is 4. The number of nitrogens with zero attached hydrogens (tertiary/aromatic N) is 2. The molecule has 7 heteroatoms. The van der Waals surface area contributed by atoms with Crippen LogP contribution in [0.2, 0.25) is 0 Å². The van der Waals surface area contributed by atoms with Crippen LogP contribution in [-0.4, -0.2) is 52.1 Å². The molecule has 0 saturated carbocycles. The first-order valence-electron chi connectivity index (χ1n) is 11.3. The highest BCUT2D eigenvalue weighted by Crippen LogP contribution is 2.23. The summed E-state index contributed by atoms with van der Waals surface area (Å²) in [6, 6.07) is 13.8. The van der Waals surface area contributed by atoms with E-state index in [1.807, 2.05) is 45.0 Å². The van der Waals surface area contributed by atoms with Gasteiger partial charge in [0.15, 0.2) is 0 Å². The lowest BCUT2D eigenvalue weighted by Crippen LogP contribution is -2.49. The van der Waals surface area contributed by atoms with Crippen LogP contribution in [0.25, 0.3) is 0 Å². The highest BCUT2D eigenvalue weighted by atomic mass is 16.2. The van der Waals surface area contributed by atoms with E-state index in [4.69, 9.17) is 0 Å². The van der Waals surface area contributed by atoms with Crippen LogP contribution in [0.5, 0.6) is 0 Å². The molecule has 174 valence electrons. The molecule has 0 fully saturated rings. The Morgan fingerprint density at radius 3 is 2.09 bits per heavy atom. The van der Waals surface area contributed by atoms with Crippen molar-refractivity contribution in [1.82, 2.24) is 15.1 Å². The molecule has 3 rings (SSSR count). The van der Waals surface area contributed by atoms with E-state index in [1.165, 1.54) is 4.90 Å². The maximum absolute atomic E-state index is 13.2. The number of amides is 4. The molecule has 0 aliphatic carbocycles. The van der Waals surface area contributed by atoms with Crippen molar-refractivity contribution in [2.75, 3.05) is 6.54 Å². The van der Waals surface area contributed by atoms with E-state index in [1.54, 1.807) is 36.1 Å². The molecular weight excluding hydrogens is 418 g/mol. The first-order chi connectivity index (χ1) is 15.7. The molecular formula is C26H31N3O4. The molecule has 1 heterocycles. The second-order valence-corrected chi connectivity index (χ2v) is 8.70. The van der Waals surface area contributed by atoms with Crippen molar-refractivity contribution in [2.24, 2.45) is 0 Å². The third-order valence-corrected chi connectivity index (χ3v) is 5.85. The summed E-state index contributed by atoms with van der Waals surface area (Å²) in [5.74, 6) is -1.07. The average molecular weight is 450 g/mol. The van der Waals surface area contributed by atoms with Crippen LogP contribution in [0.15, 0.2) is 48.5 Å². The zero-order chi connectivity index (χ0) is 24.1. The van der Waals surface area contributed by atoms with Crippen LogP contribution in [-0.2, 0) is 16.1 Å². The summed E-state index contributed by atoms with van der Waals surface area (Å²) in [6.45, 7) is 7.91. The van der Waals surface area contributed by atoms with Gasteiger partial charge in [-0.15, -0.1) is 0 Å². The molecule has 1 N–H and O–H groups in total. The SMILES string of the molecule is Cc1ccccc1CN(C(=O)CCCN1C(=O)c2ccccc2C1=O)C(C)C(=O)NC(C)C. The molecule has 0 saturated heterocycles. The Bertz CT molecular complexity index is 1030. The number of aryl methyl sites for hydroxylation is 1. The molecule has 1 atom stereocenters. The maximum Gasteiger partial charge on any atom is 0.261 e. The minimum absolute atomic E-state index is 0.0378. The predicted octanol–water partition coefficient (Wildman–Crippen LogP) is 3.31. The van der Waals surface area contributed by atoms with Crippen molar-refractivity contribution in [3.05, 3.63) is 70.8 Å². The van der Waals surface area contributed by atoms with Crippen LogP contribution in [0.3, 0.4) is 0 Å². The zero-order valence-electron chi connectivity index (χ0n) is 19.6. The van der Waals surface area contributed by atoms with Gasteiger partial charge in [-0.05, 0) is 57.4 Å². The number of benzene rings is 2. The van der Waals surface area contributed by atoms with E-state index in [9.17, 15) is 19.2 Å². The molecule has 0 radical (unpaired) electrons. The minimum Gasteiger partial charge on any atom is -0.352 e. The topological polar surface area (TPSA) is 86.8 Å². The number of hydrogen-bond acceptors (Lipinski definition) is 4. The maximum atomic E-state index is 13.2. The van der Waals surface area contributed by atoms with Crippen molar-refractivity contribution in [2.45, 2.75) is 59.2 Å². The van der Waals surface area contributed by atoms with E-state index in [0.717, 1.165) is 11.1 Å². The molecule has 33 heavy (non-hydrogen) atoms. The zero-order valence-corrected chi connectivity index (χ0v) is 19.6. The van der Waals surface area contributed by atoms with Crippen LogP contribution in [0.1, 0.15) is 65.5 Å². The van der Waals surface area contributed by atoms with Gasteiger partial charge in [-0.1, -0.05) is 36.4 Å². The van der Waals surface area contributed by atoms with Crippen LogP contribution in [0, 0.1) is 6.92 Å². The van der Waals surface area contributed by atoms with Crippen molar-refractivity contribution in [3.63, 3.8) is 0 Å². The molecule has 1 unspecified atom stereocenters. The van der Waals surface area contributed by atoms with E-state index < -0.39 is 6.04 Å². The molecule has 1 aliphatic rings. The largest absolute Gasteiger partial charge is 0.352 e. The quantitative estimate of drug-likeness (QED) is 0.595. The fourth-order valence-electron chi connectivity index (χ4n) is 3.93. The second kappa shape index (κ2) is 10.4. The number of imide groups is 1. The first-order valence-corrected chi connectivity index (χ1v) is 11.3. The van der Waals surface area contributed by atoms with Gasteiger partial charge in [0.05, 0.1) is 11.1 Å². The van der Waals surface area contributed by atoms with Gasteiger partial charge in [-0.25, -0.2) is 0 Å². The smallest absolute Gasteiger partial charge is 0.261 e. The van der Waals surface area contributed by atoms with E-state index in [2.05, 4.69) is 5.32 Å². The summed E-state index contributed by atoms with van der Waals surface area (Å²) in [5, 5.41) is 2.87. The molecule has 2 aromatic carbocycles. The molecule has 0 bridgehead atoms. The van der Waals surface area contributed by atoms with E-state index in [-0.39, 0.29) is 42.6 Å². The fraction of sp³-hybridized carbons (Fsp3) is 0.385. The van der Waals surface area contributed by atoms with Gasteiger partial charge < -0.3 is 10.2 Å². The van der Waals surface area contributed by atoms with Crippen molar-refractivity contribution in [1.29, 1.82) is 0 Å². The number of hydrogen-bond donors (Lipinski definition) is 1. The third-order valence-electron chi connectivity index (χ3n) is 5.85. The Balaban J connectivity index is 1.68. The summed E-state index contributed by atoms with van der Waals surface area (Å²) in [4.78, 5) is 53.7. The number of carbonyl (C=O) groups is 4. The Labute approximate surface area is 194 Å². The Morgan fingerprint density at radius 2 is 1.52 bits per heavy atom. The molecule has 4 amide bonds. The first kappa shape index (κ1) is 24.2. The molecule has 7 nitrogen and oxygen atoms in total. The minimum atomic E-state index is -0.654. The van der Waals surface area contributed by atoms with Crippen molar-refractivity contribution in [3.8, 4) is 0 Å². The Hall–Kier alpha value is -3.48. The highest BCUT2D eigenvalue weighted by Gasteiger charge is 2.35. The van der Waals surface area contributed by atoms with E-state index in [0.29, 0.717) is 24.1 Å². The van der Waals surface area contributed by atoms with Gasteiger partial charge in [0, 0.05) is 25.6 Å². The van der Waals surface area contributed by atoms with Crippen LogP contribution < -0.4 is 5.32 Å². The summed E-state index contributed by atoms with van der Waals surface area (Å²) >= 11 is 0. The Morgan fingerprint density at radius 1 is 0.939 bits per heavy atom. The fourth-order valence-corrected chi connectivity index (χ4v) is 3.93.